The summed E-state index contributed by atoms with van der Waals surface area (Å²) in [6.07, 6.45) is 3.95. The molecular formula is C16H35NO. The average molecular weight is 257 g/mol. The minimum Gasteiger partial charge on any atom is -0.376 e. The first-order valence-corrected chi connectivity index (χ1v) is 7.67. The molecule has 0 aliphatic rings. The minimum absolute atomic E-state index is 0.193. The van der Waals surface area contributed by atoms with Crippen LogP contribution in [-0.2, 0) is 4.74 Å². The van der Waals surface area contributed by atoms with Crippen LogP contribution in [0.4, 0.5) is 0 Å². The smallest absolute Gasteiger partial charge is 0.0775 e. The normalized spacial score (nSPS) is 16.0. The molecule has 0 aromatic rings. The van der Waals surface area contributed by atoms with Crippen LogP contribution in [0.25, 0.3) is 0 Å². The third-order valence-electron chi connectivity index (χ3n) is 3.28. The van der Waals surface area contributed by atoms with Crippen molar-refractivity contribution in [2.75, 3.05) is 13.2 Å². The number of nitrogens with one attached hydrogen (secondary N) is 1. The molecule has 2 nitrogen and oxygen atoms in total. The van der Waals surface area contributed by atoms with Crippen LogP contribution in [-0.4, -0.2) is 25.3 Å². The number of hydrogen-bond acceptors (Lipinski definition) is 2. The lowest BCUT2D eigenvalue weighted by molar-refractivity contribution is -0.0382. The molecular weight excluding hydrogens is 222 g/mol. The van der Waals surface area contributed by atoms with Crippen molar-refractivity contribution in [1.82, 2.24) is 5.32 Å². The maximum absolute atomic E-state index is 6.04. The zero-order valence-electron chi connectivity index (χ0n) is 13.7. The van der Waals surface area contributed by atoms with Gasteiger partial charge in [0.05, 0.1) is 6.10 Å². The van der Waals surface area contributed by atoms with Crippen LogP contribution in [0.1, 0.15) is 67.7 Å². The van der Waals surface area contributed by atoms with Crippen molar-refractivity contribution in [1.29, 1.82) is 0 Å². The highest BCUT2D eigenvalue weighted by Gasteiger charge is 2.32. The molecule has 0 spiro atoms. The molecule has 0 radical (unpaired) electrons. The summed E-state index contributed by atoms with van der Waals surface area (Å²) in [5, 5.41) is 3.69. The Bertz CT molecular complexity index is 196. The standard InChI is InChI=1S/C16H35NO/c1-8-12-17-14(11-10-13(3)4)15(18-9-2)16(5,6)7/h13-15,17H,8-12H2,1-7H3. The van der Waals surface area contributed by atoms with Gasteiger partial charge >= 0.3 is 0 Å². The van der Waals surface area contributed by atoms with Gasteiger partial charge in [0.2, 0.25) is 0 Å². The van der Waals surface area contributed by atoms with E-state index < -0.39 is 0 Å². The fourth-order valence-electron chi connectivity index (χ4n) is 2.35. The minimum atomic E-state index is 0.193. The Balaban J connectivity index is 4.63. The summed E-state index contributed by atoms with van der Waals surface area (Å²) >= 11 is 0. The van der Waals surface area contributed by atoms with Gasteiger partial charge in [-0.1, -0.05) is 41.5 Å². The second kappa shape index (κ2) is 8.92. The fraction of sp³-hybridized carbons (Fsp3) is 1.00. The predicted octanol–water partition coefficient (Wildman–Crippen LogP) is 4.24. The summed E-state index contributed by atoms with van der Waals surface area (Å²) in [5.74, 6) is 0.762. The Kier molecular flexibility index (Phi) is 8.89. The summed E-state index contributed by atoms with van der Waals surface area (Å²) in [4.78, 5) is 0. The van der Waals surface area contributed by atoms with Crippen LogP contribution in [0.2, 0.25) is 0 Å². The molecule has 110 valence electrons. The predicted molar refractivity (Wildman–Crippen MR) is 81.0 cm³/mol. The van der Waals surface area contributed by atoms with E-state index in [0.717, 1.165) is 19.1 Å². The van der Waals surface area contributed by atoms with E-state index in [9.17, 15) is 0 Å². The summed E-state index contributed by atoms with van der Waals surface area (Å²) in [5.41, 5.74) is 0.193. The van der Waals surface area contributed by atoms with E-state index in [-0.39, 0.29) is 5.41 Å². The van der Waals surface area contributed by atoms with Gasteiger partial charge in [0.1, 0.15) is 0 Å². The summed E-state index contributed by atoms with van der Waals surface area (Å²) in [7, 11) is 0. The molecule has 2 unspecified atom stereocenters. The first kappa shape index (κ1) is 17.9. The average Bonchev–Trinajstić information content (AvgIpc) is 2.25. The van der Waals surface area contributed by atoms with Gasteiger partial charge in [0.15, 0.2) is 0 Å². The van der Waals surface area contributed by atoms with Gasteiger partial charge in [-0.15, -0.1) is 0 Å². The lowest BCUT2D eigenvalue weighted by atomic mass is 9.82. The second-order valence-corrected chi connectivity index (χ2v) is 6.77. The van der Waals surface area contributed by atoms with Crippen LogP contribution in [0.3, 0.4) is 0 Å². The molecule has 0 rings (SSSR count). The third kappa shape index (κ3) is 7.38. The first-order valence-electron chi connectivity index (χ1n) is 7.67. The molecule has 0 aromatic heterocycles. The highest BCUT2D eigenvalue weighted by molar-refractivity contribution is 4.86. The molecule has 1 N–H and O–H groups in total. The van der Waals surface area contributed by atoms with E-state index in [4.69, 9.17) is 4.74 Å². The Morgan fingerprint density at radius 2 is 1.67 bits per heavy atom. The van der Waals surface area contributed by atoms with Gasteiger partial charge < -0.3 is 10.1 Å². The summed E-state index contributed by atoms with van der Waals surface area (Å²) in [6, 6.07) is 0.479. The van der Waals surface area contributed by atoms with E-state index >= 15 is 0 Å². The highest BCUT2D eigenvalue weighted by atomic mass is 16.5. The molecule has 0 heterocycles. The maximum atomic E-state index is 6.04. The molecule has 0 saturated carbocycles. The van der Waals surface area contributed by atoms with Crippen molar-refractivity contribution in [2.24, 2.45) is 11.3 Å². The Hall–Kier alpha value is -0.0800. The molecule has 2 heteroatoms. The van der Waals surface area contributed by atoms with Crippen molar-refractivity contribution in [3.05, 3.63) is 0 Å². The summed E-state index contributed by atoms with van der Waals surface area (Å²) < 4.78 is 6.04. The van der Waals surface area contributed by atoms with Crippen molar-refractivity contribution in [3.8, 4) is 0 Å². The number of rotatable bonds is 9. The van der Waals surface area contributed by atoms with Gasteiger partial charge in [0, 0.05) is 12.6 Å². The van der Waals surface area contributed by atoms with Gasteiger partial charge in [-0.2, -0.15) is 0 Å². The number of ether oxygens (including phenoxy) is 1. The quantitative estimate of drug-likeness (QED) is 0.667. The van der Waals surface area contributed by atoms with Crippen LogP contribution >= 0.6 is 0 Å². The monoisotopic (exact) mass is 257 g/mol. The topological polar surface area (TPSA) is 21.3 Å². The van der Waals surface area contributed by atoms with E-state index in [1.165, 1.54) is 19.3 Å². The molecule has 2 atom stereocenters. The largest absolute Gasteiger partial charge is 0.376 e. The molecule has 0 amide bonds. The van der Waals surface area contributed by atoms with Gasteiger partial charge in [-0.05, 0) is 44.1 Å². The van der Waals surface area contributed by atoms with Crippen molar-refractivity contribution >= 4 is 0 Å². The summed E-state index contributed by atoms with van der Waals surface area (Å²) in [6.45, 7) is 17.6. The highest BCUT2D eigenvalue weighted by Crippen LogP contribution is 2.27. The molecule has 18 heavy (non-hydrogen) atoms. The third-order valence-corrected chi connectivity index (χ3v) is 3.28. The molecule has 0 aromatic carbocycles. The first-order chi connectivity index (χ1) is 8.32. The van der Waals surface area contributed by atoms with E-state index in [1.807, 2.05) is 0 Å². The van der Waals surface area contributed by atoms with E-state index in [1.54, 1.807) is 0 Å². The maximum Gasteiger partial charge on any atom is 0.0775 e. The zero-order valence-corrected chi connectivity index (χ0v) is 13.7. The van der Waals surface area contributed by atoms with Crippen LogP contribution in [0.15, 0.2) is 0 Å². The van der Waals surface area contributed by atoms with Gasteiger partial charge in [-0.3, -0.25) is 0 Å². The molecule has 0 bridgehead atoms. The molecule has 0 aliphatic carbocycles. The van der Waals surface area contributed by atoms with Crippen LogP contribution in [0, 0.1) is 11.3 Å². The van der Waals surface area contributed by atoms with E-state index in [2.05, 4.69) is 53.8 Å². The molecule has 0 aliphatic heterocycles. The lowest BCUT2D eigenvalue weighted by Gasteiger charge is -2.37. The molecule has 0 fully saturated rings. The van der Waals surface area contributed by atoms with Crippen LogP contribution in [0.5, 0.6) is 0 Å². The lowest BCUT2D eigenvalue weighted by Crippen LogP contribution is -2.48. The van der Waals surface area contributed by atoms with Crippen molar-refractivity contribution in [2.45, 2.75) is 79.9 Å². The SMILES string of the molecule is CCCNC(CCC(C)C)C(OCC)C(C)(C)C. The van der Waals surface area contributed by atoms with Crippen molar-refractivity contribution in [3.63, 3.8) is 0 Å². The fourth-order valence-corrected chi connectivity index (χ4v) is 2.35. The van der Waals surface area contributed by atoms with Gasteiger partial charge in [-0.25, -0.2) is 0 Å². The Labute approximate surface area is 115 Å². The van der Waals surface area contributed by atoms with E-state index in [0.29, 0.717) is 12.1 Å². The zero-order chi connectivity index (χ0) is 14.2. The Morgan fingerprint density at radius 3 is 2.06 bits per heavy atom. The van der Waals surface area contributed by atoms with Crippen molar-refractivity contribution < 1.29 is 4.74 Å². The molecule has 0 saturated heterocycles. The Morgan fingerprint density at radius 1 is 1.06 bits per heavy atom. The van der Waals surface area contributed by atoms with Crippen LogP contribution < -0.4 is 5.32 Å². The van der Waals surface area contributed by atoms with Gasteiger partial charge in [0.25, 0.3) is 0 Å². The number of hydrogen-bond donors (Lipinski definition) is 1. The second-order valence-electron chi connectivity index (χ2n) is 6.77.